The Morgan fingerprint density at radius 3 is 1.95 bits per heavy atom. The fraction of sp³-hybridized carbons (Fsp3) is 0.453. The molecule has 10 rings (SSSR count). The lowest BCUT2D eigenvalue weighted by Gasteiger charge is -2.44. The zero-order valence-electron chi connectivity index (χ0n) is 55.5. The Bertz CT molecular complexity index is 3640. The van der Waals surface area contributed by atoms with E-state index in [-0.39, 0.29) is 81.0 Å². The van der Waals surface area contributed by atoms with Crippen LogP contribution in [-0.4, -0.2) is 185 Å². The topological polar surface area (TPSA) is 136 Å². The van der Waals surface area contributed by atoms with Gasteiger partial charge in [-0.15, -0.1) is 0 Å². The Morgan fingerprint density at radius 1 is 0.629 bits per heavy atom. The number of likely N-dealkylation sites (N-methyl/N-ethyl adjacent to an activating group) is 3. The minimum absolute atomic E-state index is 0.0291. The minimum Gasteiger partial charge on any atom is -0.462 e. The minimum atomic E-state index is -5.15. The summed E-state index contributed by atoms with van der Waals surface area (Å²) in [5.41, 5.74) is 1.61. The first-order chi connectivity index (χ1) is 46.4. The highest BCUT2D eigenvalue weighted by Gasteiger charge is 2.50. The molecule has 0 aromatic heterocycles. The van der Waals surface area contributed by atoms with E-state index in [1.54, 1.807) is 36.0 Å². The van der Waals surface area contributed by atoms with Gasteiger partial charge in [0.25, 0.3) is 11.8 Å². The molecule has 22 heteroatoms. The van der Waals surface area contributed by atoms with E-state index in [0.717, 1.165) is 96.7 Å². The Labute approximate surface area is 563 Å². The van der Waals surface area contributed by atoms with Gasteiger partial charge >= 0.3 is 18.3 Å². The third-order valence-electron chi connectivity index (χ3n) is 19.9. The van der Waals surface area contributed by atoms with E-state index in [0.29, 0.717) is 75.1 Å². The van der Waals surface area contributed by atoms with Gasteiger partial charge < -0.3 is 48.5 Å². The highest BCUT2D eigenvalue weighted by molar-refractivity contribution is 5.95. The van der Waals surface area contributed by atoms with Crippen molar-refractivity contribution in [2.45, 2.75) is 106 Å². The van der Waals surface area contributed by atoms with Crippen LogP contribution in [0.15, 0.2) is 146 Å². The predicted molar refractivity (Wildman–Crippen MR) is 355 cm³/mol. The molecule has 3 heterocycles. The largest absolute Gasteiger partial charge is 0.462 e. The van der Waals surface area contributed by atoms with Crippen LogP contribution in [0, 0.1) is 5.82 Å². The third-order valence-corrected chi connectivity index (χ3v) is 19.9. The molecule has 0 bridgehead atoms. The van der Waals surface area contributed by atoms with Gasteiger partial charge in [-0.3, -0.25) is 24.0 Å². The van der Waals surface area contributed by atoms with Crippen molar-refractivity contribution in [3.63, 3.8) is 0 Å². The van der Waals surface area contributed by atoms with Crippen LogP contribution in [0.3, 0.4) is 0 Å². The van der Waals surface area contributed by atoms with Gasteiger partial charge in [0.15, 0.2) is 0 Å². The average Bonchev–Trinajstić information content (AvgIpc) is 1.60. The first-order valence-corrected chi connectivity index (χ1v) is 33.4. The van der Waals surface area contributed by atoms with Gasteiger partial charge in [0.1, 0.15) is 30.9 Å². The highest BCUT2D eigenvalue weighted by atomic mass is 19.4. The molecule has 0 saturated carbocycles. The van der Waals surface area contributed by atoms with Crippen molar-refractivity contribution in [1.29, 1.82) is 0 Å². The Kier molecular flexibility index (Phi) is 23.3. The zero-order valence-corrected chi connectivity index (χ0v) is 55.5. The number of hydrogen-bond acceptors (Lipinski definition) is 11. The maximum Gasteiger partial charge on any atom is 0.416 e. The number of nitrogens with zero attached hydrogens (tertiary/aromatic N) is 7. The van der Waals surface area contributed by atoms with Gasteiger partial charge in [-0.2, -0.15) is 26.3 Å². The quantitative estimate of drug-likeness (QED) is 0.0292. The molecule has 6 aromatic rings. The summed E-state index contributed by atoms with van der Waals surface area (Å²) in [6.07, 6.45) is -3.76. The number of benzene rings is 6. The van der Waals surface area contributed by atoms with Gasteiger partial charge in [0.05, 0.1) is 30.2 Å². The second-order valence-corrected chi connectivity index (χ2v) is 26.3. The molecule has 0 N–H and O–H groups in total. The summed E-state index contributed by atoms with van der Waals surface area (Å²) in [4.78, 5) is 79.9. The lowest BCUT2D eigenvalue weighted by molar-refractivity contribution is -0.150. The van der Waals surface area contributed by atoms with E-state index in [1.165, 1.54) is 24.3 Å². The molecule has 4 amide bonds. The molecule has 3 saturated heterocycles. The van der Waals surface area contributed by atoms with Gasteiger partial charge in [-0.05, 0) is 152 Å². The van der Waals surface area contributed by atoms with Crippen LogP contribution in [0.25, 0.3) is 11.1 Å². The number of hydrogen-bond donors (Lipinski definition) is 0. The molecule has 4 aliphatic rings. The van der Waals surface area contributed by atoms with Crippen molar-refractivity contribution >= 4 is 35.3 Å². The molecule has 6 aromatic carbocycles. The van der Waals surface area contributed by atoms with Gasteiger partial charge in [0.2, 0.25) is 11.8 Å². The number of likely N-dealkylation sites (tertiary alicyclic amines) is 2. The molecule has 0 radical (unpaired) electrons. The standard InChI is InChI=1S/C75H86F7N7O8/c1-83(35-14-6-9-21-67(90)84(2)43-44-87-36-30-63(31-37-87)97-69(92)48-55-17-10-12-19-64(55)53-15-7-5-8-16-53)62-28-22-54(23-29-62)70(93)86(4)42-41-85(3)68(91)50-95-66-47-56-18-11-13-20-65(56)72(66)32-38-88(39-33-72)40-34-73(58-24-26-61(76)27-25-58)51-89(52-96-73)71(94)57-45-59(74(77,78)79)49-60(46-57)75(80,81)82/h5,7-8,10-13,15-20,22-29,45-46,49,63,66H,6,9,14,21,30-44,47-48,50-52H2,1-4H3/t66-,73-/m0/s1. The average molecular weight is 1350 g/mol. The molecule has 97 heavy (non-hydrogen) atoms. The fourth-order valence-electron chi connectivity index (χ4n) is 13.9. The van der Waals surface area contributed by atoms with E-state index in [9.17, 15) is 54.7 Å². The van der Waals surface area contributed by atoms with E-state index in [2.05, 4.69) is 26.8 Å². The van der Waals surface area contributed by atoms with Crippen molar-refractivity contribution in [1.82, 2.24) is 29.4 Å². The molecule has 518 valence electrons. The second-order valence-electron chi connectivity index (χ2n) is 26.3. The number of fused-ring (bicyclic) bond motifs is 2. The van der Waals surface area contributed by atoms with Crippen molar-refractivity contribution in [2.75, 3.05) is 118 Å². The fourth-order valence-corrected chi connectivity index (χ4v) is 13.9. The summed E-state index contributed by atoms with van der Waals surface area (Å²) in [6.45, 7) is 5.13. The number of amides is 4. The summed E-state index contributed by atoms with van der Waals surface area (Å²) in [7, 11) is 7.25. The number of esters is 1. The highest BCUT2D eigenvalue weighted by Crippen LogP contribution is 2.48. The Hall–Kier alpha value is -8.18. The van der Waals surface area contributed by atoms with E-state index in [4.69, 9.17) is 14.2 Å². The summed E-state index contributed by atoms with van der Waals surface area (Å²) in [5.74, 6) is -2.12. The van der Waals surface area contributed by atoms with Crippen molar-refractivity contribution in [2.24, 2.45) is 0 Å². The normalized spacial score (nSPS) is 18.2. The number of halogens is 7. The van der Waals surface area contributed by atoms with E-state index < -0.39 is 58.5 Å². The van der Waals surface area contributed by atoms with Crippen molar-refractivity contribution in [3.8, 4) is 11.1 Å². The maximum atomic E-state index is 14.3. The predicted octanol–water partition coefficient (Wildman–Crippen LogP) is 12.2. The number of anilines is 1. The number of alkyl halides is 6. The molecular formula is C75H86F7N7O8. The molecule has 15 nitrogen and oxygen atoms in total. The molecule has 3 aliphatic heterocycles. The van der Waals surface area contributed by atoms with Crippen LogP contribution >= 0.6 is 0 Å². The molecular weight excluding hydrogens is 1260 g/mol. The number of rotatable bonds is 26. The molecule has 1 spiro atoms. The summed E-state index contributed by atoms with van der Waals surface area (Å²) >= 11 is 0. The Morgan fingerprint density at radius 2 is 1.26 bits per heavy atom. The monoisotopic (exact) mass is 1350 g/mol. The van der Waals surface area contributed by atoms with Crippen LogP contribution in [0.4, 0.5) is 36.4 Å². The van der Waals surface area contributed by atoms with Crippen LogP contribution in [0.1, 0.15) is 112 Å². The first kappa shape index (κ1) is 71.6. The van der Waals surface area contributed by atoms with Crippen LogP contribution in [0.5, 0.6) is 0 Å². The molecule has 1 aliphatic carbocycles. The zero-order chi connectivity index (χ0) is 69.1. The van der Waals surface area contributed by atoms with Crippen LogP contribution in [-0.2, 0) is 64.8 Å². The lowest BCUT2D eigenvalue weighted by atomic mass is 9.72. The lowest BCUT2D eigenvalue weighted by Crippen LogP contribution is -2.50. The van der Waals surface area contributed by atoms with Crippen LogP contribution < -0.4 is 4.90 Å². The first-order valence-electron chi connectivity index (χ1n) is 33.4. The second kappa shape index (κ2) is 31.6. The summed E-state index contributed by atoms with van der Waals surface area (Å²) in [5, 5.41) is 0. The molecule has 3 fully saturated rings. The molecule has 0 unspecified atom stereocenters. The van der Waals surface area contributed by atoms with E-state index >= 15 is 0 Å². The number of carbonyl (C=O) groups excluding carboxylic acids is 5. The van der Waals surface area contributed by atoms with Gasteiger partial charge in [0, 0.05) is 109 Å². The number of ether oxygens (including phenoxy) is 3. The van der Waals surface area contributed by atoms with Gasteiger partial charge in [-0.1, -0.05) is 97.4 Å². The third kappa shape index (κ3) is 18.0. The van der Waals surface area contributed by atoms with Crippen LogP contribution in [0.2, 0.25) is 0 Å². The number of carbonyl (C=O) groups is 5. The van der Waals surface area contributed by atoms with E-state index in [1.807, 2.05) is 97.9 Å². The number of piperidine rings is 2. The Balaban J connectivity index is 0.620. The number of unbranched alkanes of at least 4 members (excludes halogenated alkanes) is 2. The van der Waals surface area contributed by atoms with Crippen molar-refractivity contribution < 1.29 is 68.9 Å². The smallest absolute Gasteiger partial charge is 0.416 e. The van der Waals surface area contributed by atoms with Crippen molar-refractivity contribution in [3.05, 3.63) is 196 Å². The van der Waals surface area contributed by atoms with Gasteiger partial charge in [-0.25, -0.2) is 4.39 Å². The SMILES string of the molecule is CN(CCN1CCC(OC(=O)Cc2ccccc2-c2ccccc2)CC1)C(=O)CCCCCN(C)c1ccc(C(=O)N(C)CCN(C)C(=O)CO[C@H]2Cc3ccccc3C23CCN(CC[C@@]2(c4ccc(F)cc4)CN(C(=O)c4cc(C(F)(F)F)cc(C(F)(F)F)c4)CO2)CC3)cc1. The maximum absolute atomic E-state index is 14.3. The summed E-state index contributed by atoms with van der Waals surface area (Å²) in [6, 6.07) is 39.8. The summed E-state index contributed by atoms with van der Waals surface area (Å²) < 4.78 is 116. The molecule has 2 atom stereocenters.